The Morgan fingerprint density at radius 2 is 2.12 bits per heavy atom. The van der Waals surface area contributed by atoms with Gasteiger partial charge < -0.3 is 9.84 Å². The number of hydrogen-bond acceptors (Lipinski definition) is 4. The summed E-state index contributed by atoms with van der Waals surface area (Å²) in [7, 11) is 1.93. The predicted octanol–water partition coefficient (Wildman–Crippen LogP) is 1.95. The maximum atomic E-state index is 5.11. The lowest BCUT2D eigenvalue weighted by molar-refractivity contribution is 0.392. The summed E-state index contributed by atoms with van der Waals surface area (Å²) in [5.41, 5.74) is 4.21. The second-order valence-electron chi connectivity index (χ2n) is 3.92. The second-order valence-corrected chi connectivity index (χ2v) is 3.92. The first-order chi connectivity index (χ1) is 7.59. The average molecular weight is 220 g/mol. The fraction of sp³-hybridized carbons (Fsp3) is 0.455. The van der Waals surface area contributed by atoms with Gasteiger partial charge in [0.25, 0.3) is 0 Å². The molecule has 5 heteroatoms. The summed E-state index contributed by atoms with van der Waals surface area (Å²) in [5.74, 6) is 0.867. The molecule has 2 aromatic rings. The number of aryl methyl sites for hydroxylation is 3. The third kappa shape index (κ3) is 1.80. The first-order valence-electron chi connectivity index (χ1n) is 5.24. The molecule has 0 unspecified atom stereocenters. The first-order valence-corrected chi connectivity index (χ1v) is 5.24. The number of nitrogens with one attached hydrogen (secondary N) is 1. The second kappa shape index (κ2) is 4.00. The van der Waals surface area contributed by atoms with Crippen LogP contribution in [0.4, 0.5) is 5.69 Å². The van der Waals surface area contributed by atoms with E-state index in [0.717, 1.165) is 28.4 Å². The quantitative estimate of drug-likeness (QED) is 0.858. The highest BCUT2D eigenvalue weighted by atomic mass is 16.5. The fourth-order valence-corrected chi connectivity index (χ4v) is 1.61. The molecular weight excluding hydrogens is 204 g/mol. The van der Waals surface area contributed by atoms with Gasteiger partial charge in [0.1, 0.15) is 5.76 Å². The van der Waals surface area contributed by atoms with Gasteiger partial charge in [-0.25, -0.2) is 0 Å². The van der Waals surface area contributed by atoms with Crippen molar-refractivity contribution in [2.75, 3.05) is 5.32 Å². The van der Waals surface area contributed by atoms with Crippen LogP contribution in [-0.2, 0) is 13.6 Å². The Kier molecular flexibility index (Phi) is 2.68. The van der Waals surface area contributed by atoms with Gasteiger partial charge in [-0.2, -0.15) is 5.10 Å². The molecule has 0 bridgehead atoms. The first kappa shape index (κ1) is 10.7. The zero-order valence-electron chi connectivity index (χ0n) is 10.0. The summed E-state index contributed by atoms with van der Waals surface area (Å²) in [6.07, 6.45) is 1.83. The summed E-state index contributed by atoms with van der Waals surface area (Å²) in [4.78, 5) is 0. The molecule has 0 radical (unpaired) electrons. The van der Waals surface area contributed by atoms with Crippen LogP contribution in [0.3, 0.4) is 0 Å². The molecule has 0 atom stereocenters. The van der Waals surface area contributed by atoms with E-state index in [1.807, 2.05) is 38.7 Å². The maximum absolute atomic E-state index is 5.11. The fourth-order valence-electron chi connectivity index (χ4n) is 1.61. The molecule has 0 fully saturated rings. The molecule has 2 heterocycles. The molecule has 1 N–H and O–H groups in total. The summed E-state index contributed by atoms with van der Waals surface area (Å²) >= 11 is 0. The van der Waals surface area contributed by atoms with Gasteiger partial charge in [0, 0.05) is 19.2 Å². The van der Waals surface area contributed by atoms with E-state index in [0.29, 0.717) is 6.54 Å². The minimum atomic E-state index is 0.716. The van der Waals surface area contributed by atoms with E-state index in [1.165, 1.54) is 0 Å². The minimum absolute atomic E-state index is 0.716. The van der Waals surface area contributed by atoms with Crippen LogP contribution >= 0.6 is 0 Å². The zero-order valence-corrected chi connectivity index (χ0v) is 10.0. The van der Waals surface area contributed by atoms with Gasteiger partial charge in [-0.3, -0.25) is 4.68 Å². The topological polar surface area (TPSA) is 55.9 Å². The highest BCUT2D eigenvalue weighted by Gasteiger charge is 2.09. The lowest BCUT2D eigenvalue weighted by Crippen LogP contribution is -2.02. The minimum Gasteiger partial charge on any atom is -0.378 e. The predicted molar refractivity (Wildman–Crippen MR) is 61.2 cm³/mol. The normalized spacial score (nSPS) is 10.8. The largest absolute Gasteiger partial charge is 0.378 e. The van der Waals surface area contributed by atoms with E-state index < -0.39 is 0 Å². The van der Waals surface area contributed by atoms with Crippen molar-refractivity contribution in [2.24, 2.45) is 7.05 Å². The van der Waals surface area contributed by atoms with Crippen LogP contribution in [-0.4, -0.2) is 14.9 Å². The van der Waals surface area contributed by atoms with Crippen molar-refractivity contribution in [1.29, 1.82) is 0 Å². The summed E-state index contributed by atoms with van der Waals surface area (Å²) in [5, 5.41) is 11.4. The van der Waals surface area contributed by atoms with Crippen LogP contribution in [0.5, 0.6) is 0 Å². The van der Waals surface area contributed by atoms with E-state index in [9.17, 15) is 0 Å². The number of aromatic nitrogens is 3. The van der Waals surface area contributed by atoms with Crippen LogP contribution in [0.25, 0.3) is 0 Å². The Hall–Kier alpha value is -1.78. The third-order valence-electron chi connectivity index (χ3n) is 2.87. The molecule has 0 aliphatic rings. The Balaban J connectivity index is 2.11. The van der Waals surface area contributed by atoms with Crippen LogP contribution in [0.15, 0.2) is 10.7 Å². The van der Waals surface area contributed by atoms with Crippen LogP contribution in [0.1, 0.15) is 22.7 Å². The molecule has 0 saturated carbocycles. The van der Waals surface area contributed by atoms with Crippen LogP contribution < -0.4 is 5.32 Å². The van der Waals surface area contributed by atoms with Crippen molar-refractivity contribution in [3.8, 4) is 0 Å². The molecule has 16 heavy (non-hydrogen) atoms. The molecule has 2 aromatic heterocycles. The molecule has 0 aliphatic heterocycles. The van der Waals surface area contributed by atoms with E-state index >= 15 is 0 Å². The Morgan fingerprint density at radius 1 is 1.38 bits per heavy atom. The molecular formula is C11H16N4O. The molecule has 0 amide bonds. The van der Waals surface area contributed by atoms with E-state index in [1.54, 1.807) is 0 Å². The monoisotopic (exact) mass is 220 g/mol. The number of hydrogen-bond donors (Lipinski definition) is 1. The zero-order chi connectivity index (χ0) is 11.7. The Labute approximate surface area is 94.4 Å². The summed E-state index contributed by atoms with van der Waals surface area (Å²) in [6, 6.07) is 0. The van der Waals surface area contributed by atoms with Gasteiger partial charge in [-0.1, -0.05) is 5.16 Å². The molecule has 2 rings (SSSR count). The van der Waals surface area contributed by atoms with E-state index in [2.05, 4.69) is 15.6 Å². The van der Waals surface area contributed by atoms with E-state index in [4.69, 9.17) is 4.52 Å². The Morgan fingerprint density at radius 3 is 2.62 bits per heavy atom. The molecule has 5 nitrogen and oxygen atoms in total. The highest BCUT2D eigenvalue weighted by Crippen LogP contribution is 2.17. The van der Waals surface area contributed by atoms with Gasteiger partial charge in [-0.05, 0) is 20.8 Å². The third-order valence-corrected chi connectivity index (χ3v) is 2.87. The van der Waals surface area contributed by atoms with Gasteiger partial charge in [0.2, 0.25) is 0 Å². The summed E-state index contributed by atoms with van der Waals surface area (Å²) < 4.78 is 6.95. The highest BCUT2D eigenvalue weighted by molar-refractivity contribution is 5.46. The van der Waals surface area contributed by atoms with Gasteiger partial charge in [-0.15, -0.1) is 0 Å². The van der Waals surface area contributed by atoms with Crippen molar-refractivity contribution in [1.82, 2.24) is 14.9 Å². The van der Waals surface area contributed by atoms with Crippen molar-refractivity contribution in [2.45, 2.75) is 27.3 Å². The smallest absolute Gasteiger partial charge is 0.138 e. The maximum Gasteiger partial charge on any atom is 0.138 e. The van der Waals surface area contributed by atoms with E-state index in [-0.39, 0.29) is 0 Å². The molecule has 0 aromatic carbocycles. The van der Waals surface area contributed by atoms with Gasteiger partial charge >= 0.3 is 0 Å². The number of nitrogens with zero attached hydrogens (tertiary/aromatic N) is 3. The lowest BCUT2D eigenvalue weighted by atomic mass is 10.2. The van der Waals surface area contributed by atoms with Crippen molar-refractivity contribution < 1.29 is 4.52 Å². The SMILES string of the molecule is Cc1noc(C)c1CNc1cnn(C)c1C. The average Bonchev–Trinajstić information content (AvgIpc) is 2.73. The molecule has 0 saturated heterocycles. The van der Waals surface area contributed by atoms with Crippen LogP contribution in [0, 0.1) is 20.8 Å². The van der Waals surface area contributed by atoms with Crippen LogP contribution in [0.2, 0.25) is 0 Å². The molecule has 0 aliphatic carbocycles. The van der Waals surface area contributed by atoms with Crippen molar-refractivity contribution in [3.63, 3.8) is 0 Å². The summed E-state index contributed by atoms with van der Waals surface area (Å²) in [6.45, 7) is 6.62. The standard InChI is InChI=1S/C11H16N4O/c1-7-10(9(3)16-14-7)5-12-11-6-13-15(4)8(11)2/h6,12H,5H2,1-4H3. The number of rotatable bonds is 3. The van der Waals surface area contributed by atoms with Gasteiger partial charge in [0.15, 0.2) is 0 Å². The molecule has 86 valence electrons. The van der Waals surface area contributed by atoms with Crippen molar-refractivity contribution in [3.05, 3.63) is 28.9 Å². The van der Waals surface area contributed by atoms with Gasteiger partial charge in [0.05, 0.1) is 23.3 Å². The van der Waals surface area contributed by atoms with Crippen molar-refractivity contribution >= 4 is 5.69 Å². The lowest BCUT2D eigenvalue weighted by Gasteiger charge is -2.04. The molecule has 0 spiro atoms. The Bertz CT molecular complexity index is 479. The number of anilines is 1.